The number of carbonyl (C=O) groups excluding carboxylic acids is 1. The molecule has 124 valence electrons. The first kappa shape index (κ1) is 15.9. The average molecular weight is 367 g/mol. The van der Waals surface area contributed by atoms with Gasteiger partial charge in [0.25, 0.3) is 5.56 Å². The maximum atomic E-state index is 12.2. The molecule has 2 heterocycles. The highest BCUT2D eigenvalue weighted by Crippen LogP contribution is 2.21. The quantitative estimate of drug-likeness (QED) is 0.424. The van der Waals surface area contributed by atoms with Crippen LogP contribution in [-0.4, -0.2) is 21.6 Å². The molecular weight excluding hydrogens is 354 g/mol. The van der Waals surface area contributed by atoms with E-state index in [0.717, 1.165) is 16.5 Å². The van der Waals surface area contributed by atoms with Crippen molar-refractivity contribution in [3.63, 3.8) is 0 Å². The molecule has 4 rings (SSSR count). The van der Waals surface area contributed by atoms with E-state index in [2.05, 4.69) is 15.3 Å². The average Bonchev–Trinajstić information content (AvgIpc) is 3.09. The van der Waals surface area contributed by atoms with Crippen LogP contribution in [0.4, 0.5) is 5.69 Å². The lowest BCUT2D eigenvalue weighted by Gasteiger charge is -2.06. The first-order valence-corrected chi connectivity index (χ1v) is 9.44. The lowest BCUT2D eigenvalue weighted by Crippen LogP contribution is -2.15. The second-order valence-corrected chi connectivity index (χ2v) is 7.27. The Morgan fingerprint density at radius 1 is 1.16 bits per heavy atom. The van der Waals surface area contributed by atoms with E-state index in [1.807, 2.05) is 47.8 Å². The summed E-state index contributed by atoms with van der Waals surface area (Å²) < 4.78 is 0. The minimum absolute atomic E-state index is 0.144. The summed E-state index contributed by atoms with van der Waals surface area (Å²) in [4.78, 5) is 31.8. The van der Waals surface area contributed by atoms with Crippen molar-refractivity contribution in [2.45, 2.75) is 5.16 Å². The molecule has 7 heteroatoms. The largest absolute Gasteiger partial charge is 0.325 e. The van der Waals surface area contributed by atoms with Gasteiger partial charge in [-0.05, 0) is 34.4 Å². The number of aromatic amines is 1. The van der Waals surface area contributed by atoms with Gasteiger partial charge in [-0.3, -0.25) is 9.59 Å². The predicted molar refractivity (Wildman–Crippen MR) is 104 cm³/mol. The van der Waals surface area contributed by atoms with E-state index in [0.29, 0.717) is 15.4 Å². The summed E-state index contributed by atoms with van der Waals surface area (Å²) in [6, 6.07) is 15.5. The number of nitrogens with zero attached hydrogens (tertiary/aromatic N) is 1. The van der Waals surface area contributed by atoms with E-state index in [-0.39, 0.29) is 17.2 Å². The van der Waals surface area contributed by atoms with Gasteiger partial charge in [-0.2, -0.15) is 0 Å². The number of amides is 1. The number of thiophene rings is 1. The number of benzene rings is 2. The number of fused-ring (bicyclic) bond motifs is 2. The Kier molecular flexibility index (Phi) is 4.25. The first-order valence-electron chi connectivity index (χ1n) is 7.58. The van der Waals surface area contributed by atoms with Gasteiger partial charge in [0.05, 0.1) is 11.1 Å². The summed E-state index contributed by atoms with van der Waals surface area (Å²) in [5.74, 6) is 0.0290. The van der Waals surface area contributed by atoms with Crippen LogP contribution in [0, 0.1) is 0 Å². The lowest BCUT2D eigenvalue weighted by molar-refractivity contribution is -0.113. The number of anilines is 1. The molecule has 25 heavy (non-hydrogen) atoms. The molecule has 1 amide bonds. The molecule has 2 N–H and O–H groups in total. The van der Waals surface area contributed by atoms with Gasteiger partial charge in [0.2, 0.25) is 5.91 Å². The highest BCUT2D eigenvalue weighted by atomic mass is 32.2. The second-order valence-electron chi connectivity index (χ2n) is 5.41. The fourth-order valence-electron chi connectivity index (χ4n) is 2.51. The van der Waals surface area contributed by atoms with Crippen LogP contribution >= 0.6 is 23.1 Å². The minimum Gasteiger partial charge on any atom is -0.325 e. The van der Waals surface area contributed by atoms with E-state index < -0.39 is 0 Å². The Labute approximate surface area is 151 Å². The van der Waals surface area contributed by atoms with Gasteiger partial charge in [-0.1, -0.05) is 42.1 Å². The summed E-state index contributed by atoms with van der Waals surface area (Å²) in [6.07, 6.45) is 0. The van der Waals surface area contributed by atoms with E-state index >= 15 is 0 Å². The van der Waals surface area contributed by atoms with Crippen molar-refractivity contribution in [3.05, 3.63) is 64.3 Å². The Morgan fingerprint density at radius 2 is 2.00 bits per heavy atom. The zero-order valence-corrected chi connectivity index (χ0v) is 14.6. The number of hydrogen-bond donors (Lipinski definition) is 2. The minimum atomic E-state index is -0.177. The zero-order valence-electron chi connectivity index (χ0n) is 13.0. The smallest absolute Gasteiger partial charge is 0.260 e. The van der Waals surface area contributed by atoms with Crippen LogP contribution in [0.15, 0.2) is 63.9 Å². The molecule has 0 bridgehead atoms. The van der Waals surface area contributed by atoms with Crippen LogP contribution in [-0.2, 0) is 4.79 Å². The highest BCUT2D eigenvalue weighted by Gasteiger charge is 2.09. The van der Waals surface area contributed by atoms with Crippen LogP contribution in [0.2, 0.25) is 0 Å². The van der Waals surface area contributed by atoms with Gasteiger partial charge < -0.3 is 10.3 Å². The third kappa shape index (κ3) is 3.42. The number of H-pyrrole nitrogens is 1. The van der Waals surface area contributed by atoms with Crippen LogP contribution in [0.5, 0.6) is 0 Å². The Hall–Kier alpha value is -2.64. The Morgan fingerprint density at radius 3 is 2.88 bits per heavy atom. The Bertz CT molecular complexity index is 1130. The number of aromatic nitrogens is 2. The van der Waals surface area contributed by atoms with Crippen molar-refractivity contribution in [1.82, 2.24) is 9.97 Å². The van der Waals surface area contributed by atoms with Crippen molar-refractivity contribution >= 4 is 55.7 Å². The maximum absolute atomic E-state index is 12.2. The van der Waals surface area contributed by atoms with E-state index in [4.69, 9.17) is 0 Å². The molecule has 2 aromatic carbocycles. The summed E-state index contributed by atoms with van der Waals surface area (Å²) in [5, 5.41) is 7.93. The van der Waals surface area contributed by atoms with Gasteiger partial charge >= 0.3 is 0 Å². The number of hydrogen-bond acceptors (Lipinski definition) is 5. The molecule has 0 aliphatic carbocycles. The molecule has 0 aliphatic rings. The van der Waals surface area contributed by atoms with Crippen molar-refractivity contribution in [3.8, 4) is 0 Å². The second kappa shape index (κ2) is 6.70. The number of nitrogens with one attached hydrogen (secondary N) is 2. The monoisotopic (exact) mass is 367 g/mol. The van der Waals surface area contributed by atoms with Crippen LogP contribution in [0.3, 0.4) is 0 Å². The SMILES string of the molecule is O=C(CSc1nc2sccc2c(=O)[nH]1)Nc1ccc2ccccc2c1. The molecular formula is C18H13N3O2S2. The Balaban J connectivity index is 1.44. The number of rotatable bonds is 4. The molecule has 0 aliphatic heterocycles. The van der Waals surface area contributed by atoms with Crippen LogP contribution in [0.1, 0.15) is 0 Å². The topological polar surface area (TPSA) is 74.8 Å². The van der Waals surface area contributed by atoms with Gasteiger partial charge in [0.15, 0.2) is 5.16 Å². The molecule has 0 fully saturated rings. The normalized spacial score (nSPS) is 11.0. The van der Waals surface area contributed by atoms with Gasteiger partial charge in [-0.15, -0.1) is 11.3 Å². The molecule has 0 atom stereocenters. The van der Waals surface area contributed by atoms with Crippen LogP contribution in [0.25, 0.3) is 21.0 Å². The fraction of sp³-hybridized carbons (Fsp3) is 0.0556. The fourth-order valence-corrected chi connectivity index (χ4v) is 3.99. The summed E-state index contributed by atoms with van der Waals surface area (Å²) in [7, 11) is 0. The zero-order chi connectivity index (χ0) is 17.2. The van der Waals surface area contributed by atoms with Gasteiger partial charge in [-0.25, -0.2) is 4.98 Å². The molecule has 0 radical (unpaired) electrons. The number of thioether (sulfide) groups is 1. The summed E-state index contributed by atoms with van der Waals surface area (Å²) >= 11 is 2.62. The molecule has 0 saturated carbocycles. The summed E-state index contributed by atoms with van der Waals surface area (Å²) in [6.45, 7) is 0. The van der Waals surface area contributed by atoms with Crippen molar-refractivity contribution in [2.75, 3.05) is 11.1 Å². The van der Waals surface area contributed by atoms with Crippen molar-refractivity contribution < 1.29 is 4.79 Å². The van der Waals surface area contributed by atoms with E-state index in [1.165, 1.54) is 23.1 Å². The van der Waals surface area contributed by atoms with Crippen molar-refractivity contribution in [1.29, 1.82) is 0 Å². The van der Waals surface area contributed by atoms with Gasteiger partial charge in [0, 0.05) is 5.69 Å². The molecule has 0 saturated heterocycles. The van der Waals surface area contributed by atoms with Crippen molar-refractivity contribution in [2.24, 2.45) is 0 Å². The standard InChI is InChI=1S/C18H13N3O2S2/c22-15(19-13-6-5-11-3-1-2-4-12(11)9-13)10-25-18-20-16(23)14-7-8-24-17(14)21-18/h1-9H,10H2,(H,19,22)(H,20,21,23). The maximum Gasteiger partial charge on any atom is 0.260 e. The highest BCUT2D eigenvalue weighted by molar-refractivity contribution is 7.99. The van der Waals surface area contributed by atoms with E-state index in [9.17, 15) is 9.59 Å². The van der Waals surface area contributed by atoms with E-state index in [1.54, 1.807) is 6.07 Å². The number of carbonyl (C=O) groups is 1. The predicted octanol–water partition coefficient (Wildman–Crippen LogP) is 3.87. The third-order valence-corrected chi connectivity index (χ3v) is 5.37. The van der Waals surface area contributed by atoms with Gasteiger partial charge in [0.1, 0.15) is 4.83 Å². The third-order valence-electron chi connectivity index (χ3n) is 3.69. The molecule has 2 aromatic heterocycles. The molecule has 0 unspecified atom stereocenters. The molecule has 0 spiro atoms. The summed E-state index contributed by atoms with van der Waals surface area (Å²) in [5.41, 5.74) is 0.572. The first-order chi connectivity index (χ1) is 12.2. The molecule has 4 aromatic rings. The lowest BCUT2D eigenvalue weighted by atomic mass is 10.1. The molecule has 5 nitrogen and oxygen atoms in total. The van der Waals surface area contributed by atoms with Crippen LogP contribution < -0.4 is 10.9 Å².